The molecule has 0 aliphatic carbocycles. The number of carbonyl (C=O) groups excluding carboxylic acids is 2. The smallest absolute Gasteiger partial charge is 0.373 e. The molecule has 1 amide bonds. The quantitative estimate of drug-likeness (QED) is 0.270. The van der Waals surface area contributed by atoms with Gasteiger partial charge < -0.3 is 26.2 Å². The minimum Gasteiger partial charge on any atom is -0.373 e. The number of halogens is 1. The fourth-order valence-electron chi connectivity index (χ4n) is 3.42. The average molecular weight is 452 g/mol. The molecule has 1 unspecified atom stereocenters. The molecule has 0 fully saturated rings. The molecule has 10 heteroatoms. The van der Waals surface area contributed by atoms with Crippen molar-refractivity contribution < 1.29 is 14.3 Å². The van der Waals surface area contributed by atoms with Gasteiger partial charge in [-0.05, 0) is 24.1 Å². The largest absolute Gasteiger partial charge is 0.412 e. The first-order valence-electron chi connectivity index (χ1n) is 9.56. The summed E-state index contributed by atoms with van der Waals surface area (Å²) in [5, 5.41) is 0.607. The molecule has 162 valence electrons. The van der Waals surface area contributed by atoms with Crippen LogP contribution in [-0.2, 0) is 11.2 Å². The van der Waals surface area contributed by atoms with Crippen LogP contribution < -0.4 is 17.0 Å². The molecule has 32 heavy (non-hydrogen) atoms. The molecule has 2 aromatic carbocycles. The van der Waals surface area contributed by atoms with Gasteiger partial charge >= 0.3 is 12.1 Å². The Hall–Kier alpha value is -3.95. The number of fused-ring (bicyclic) bond motifs is 1. The Balaban J connectivity index is 1.72. The molecule has 0 bridgehead atoms. The van der Waals surface area contributed by atoms with E-state index >= 15 is 0 Å². The fourth-order valence-corrected chi connectivity index (χ4v) is 3.67. The van der Waals surface area contributed by atoms with Gasteiger partial charge in [-0.3, -0.25) is 4.79 Å². The van der Waals surface area contributed by atoms with E-state index in [1.165, 1.54) is 0 Å². The zero-order valence-electron chi connectivity index (χ0n) is 16.6. The summed E-state index contributed by atoms with van der Waals surface area (Å²) in [4.78, 5) is 45.3. The molecule has 2 heterocycles. The number of imidazole rings is 1. The van der Waals surface area contributed by atoms with Gasteiger partial charge in [0, 0.05) is 22.5 Å². The summed E-state index contributed by atoms with van der Waals surface area (Å²) in [6.45, 7) is 0. The summed E-state index contributed by atoms with van der Waals surface area (Å²) >= 11 is 6.39. The van der Waals surface area contributed by atoms with E-state index in [1.54, 1.807) is 18.2 Å². The van der Waals surface area contributed by atoms with E-state index in [9.17, 15) is 14.4 Å². The summed E-state index contributed by atoms with van der Waals surface area (Å²) in [5.41, 5.74) is 13.0. The van der Waals surface area contributed by atoms with Crippen molar-refractivity contribution in [1.29, 1.82) is 0 Å². The lowest BCUT2D eigenvalue weighted by molar-refractivity contribution is 0.0640. The Morgan fingerprint density at radius 1 is 1.09 bits per heavy atom. The summed E-state index contributed by atoms with van der Waals surface area (Å²) in [7, 11) is 0. The van der Waals surface area contributed by atoms with E-state index in [0.717, 1.165) is 11.6 Å². The summed E-state index contributed by atoms with van der Waals surface area (Å²) in [6, 6.07) is 15.3. The highest BCUT2D eigenvalue weighted by Gasteiger charge is 2.19. The number of pyridine rings is 1. The number of aromatic nitrogens is 3. The number of primary amides is 1. The minimum absolute atomic E-state index is 0.114. The fraction of sp³-hybridized carbons (Fsp3) is 0.0909. The molecular weight excluding hydrogens is 434 g/mol. The number of carbonyl (C=O) groups is 2. The Bertz CT molecular complexity index is 1380. The highest BCUT2D eigenvalue weighted by molar-refractivity contribution is 6.32. The predicted molar refractivity (Wildman–Crippen MR) is 119 cm³/mol. The van der Waals surface area contributed by atoms with Gasteiger partial charge in [-0.15, -0.1) is 0 Å². The maximum Gasteiger partial charge on any atom is 0.412 e. The minimum atomic E-state index is -1.27. The molecule has 0 saturated carbocycles. The summed E-state index contributed by atoms with van der Waals surface area (Å²) in [6.07, 6.45) is -0.710. The lowest BCUT2D eigenvalue weighted by atomic mass is 10.0. The maximum atomic E-state index is 12.3. The molecule has 0 radical (unpaired) electrons. The molecule has 0 saturated heterocycles. The number of hydrogen-bond acceptors (Lipinski definition) is 6. The number of hydrogen-bond donors (Lipinski definition) is 4. The second kappa shape index (κ2) is 8.66. The second-order valence-corrected chi connectivity index (χ2v) is 7.47. The normalized spacial score (nSPS) is 11.9. The molecule has 4 aromatic rings. The molecule has 6 N–H and O–H groups in total. The first-order valence-corrected chi connectivity index (χ1v) is 9.93. The number of H-pyrrole nitrogens is 2. The van der Waals surface area contributed by atoms with Crippen molar-refractivity contribution in [3.8, 4) is 11.3 Å². The van der Waals surface area contributed by atoms with Crippen LogP contribution in [0.2, 0.25) is 5.15 Å². The van der Waals surface area contributed by atoms with E-state index in [0.29, 0.717) is 34.4 Å². The van der Waals surface area contributed by atoms with E-state index in [-0.39, 0.29) is 10.7 Å². The summed E-state index contributed by atoms with van der Waals surface area (Å²) in [5.74, 6) is -0.534. The third-order valence-electron chi connectivity index (χ3n) is 4.86. The van der Waals surface area contributed by atoms with Crippen LogP contribution in [0.1, 0.15) is 27.8 Å². The number of nitrogens with two attached hydrogens (primary N) is 2. The van der Waals surface area contributed by atoms with Gasteiger partial charge in [0.15, 0.2) is 0 Å². The van der Waals surface area contributed by atoms with E-state index in [4.69, 9.17) is 23.1 Å². The Morgan fingerprint density at radius 3 is 2.56 bits per heavy atom. The van der Waals surface area contributed by atoms with Crippen molar-refractivity contribution in [3.05, 3.63) is 87.1 Å². The first-order chi connectivity index (χ1) is 15.3. The molecule has 4 rings (SSSR count). The van der Waals surface area contributed by atoms with Crippen LogP contribution in [0.5, 0.6) is 0 Å². The molecule has 1 atom stereocenters. The lowest BCUT2D eigenvalue weighted by Gasteiger charge is -2.08. The monoisotopic (exact) mass is 451 g/mol. The van der Waals surface area contributed by atoms with Crippen LogP contribution in [0.15, 0.2) is 59.4 Å². The highest BCUT2D eigenvalue weighted by atomic mass is 35.5. The molecule has 2 aromatic heterocycles. The average Bonchev–Trinajstić information content (AvgIpc) is 3.15. The lowest BCUT2D eigenvalue weighted by Crippen LogP contribution is -2.20. The van der Waals surface area contributed by atoms with Gasteiger partial charge in [0.05, 0.1) is 11.6 Å². The Labute approximate surface area is 186 Å². The second-order valence-electron chi connectivity index (χ2n) is 7.10. The van der Waals surface area contributed by atoms with Crippen LogP contribution in [0.4, 0.5) is 4.79 Å². The van der Waals surface area contributed by atoms with Crippen molar-refractivity contribution in [1.82, 2.24) is 15.0 Å². The zero-order chi connectivity index (χ0) is 22.8. The molecular formula is C22H18ClN5O4. The highest BCUT2D eigenvalue weighted by Crippen LogP contribution is 2.30. The number of amides is 1. The third kappa shape index (κ3) is 4.39. The van der Waals surface area contributed by atoms with Crippen LogP contribution in [0.3, 0.4) is 0 Å². The van der Waals surface area contributed by atoms with Gasteiger partial charge in [0.1, 0.15) is 16.7 Å². The number of nitrogens with zero attached hydrogens (tertiary/aromatic N) is 1. The molecule has 0 spiro atoms. The first kappa shape index (κ1) is 21.3. The van der Waals surface area contributed by atoms with Crippen molar-refractivity contribution in [2.24, 2.45) is 11.5 Å². The van der Waals surface area contributed by atoms with Crippen LogP contribution >= 0.6 is 11.6 Å². The van der Waals surface area contributed by atoms with Crippen LogP contribution in [-0.4, -0.2) is 27.0 Å². The third-order valence-corrected chi connectivity index (χ3v) is 5.13. The van der Waals surface area contributed by atoms with E-state index in [2.05, 4.69) is 19.7 Å². The molecule has 0 aliphatic heterocycles. The predicted octanol–water partition coefficient (Wildman–Crippen LogP) is 3.05. The number of aromatic amines is 2. The topological polar surface area (TPSA) is 157 Å². The zero-order valence-corrected chi connectivity index (χ0v) is 17.3. The standard InChI is InChI=1S/C22H18ClN5O4/c23-19-18(27-20(28-19)15(24)8-11-4-2-1-3-5-11)12-6-7-16-13(9-12)14(10-17(29)26-16)21(30)32-22(25)31/h1-7,9-10,15H,8,24H2,(H2,25,31)(H,26,29)(H,27,28). The number of rotatable bonds is 5. The van der Waals surface area contributed by atoms with Gasteiger partial charge in [0.2, 0.25) is 5.56 Å². The van der Waals surface area contributed by atoms with Gasteiger partial charge in [-0.1, -0.05) is 48.0 Å². The summed E-state index contributed by atoms with van der Waals surface area (Å²) < 4.78 is 4.44. The van der Waals surface area contributed by atoms with Crippen LogP contribution in [0, 0.1) is 0 Å². The molecule has 0 aliphatic rings. The van der Waals surface area contributed by atoms with Crippen molar-refractivity contribution in [2.75, 3.05) is 0 Å². The van der Waals surface area contributed by atoms with Crippen molar-refractivity contribution in [3.63, 3.8) is 0 Å². The number of ether oxygens (including phenoxy) is 1. The maximum absolute atomic E-state index is 12.3. The van der Waals surface area contributed by atoms with Crippen molar-refractivity contribution in [2.45, 2.75) is 12.5 Å². The van der Waals surface area contributed by atoms with Gasteiger partial charge in [-0.2, -0.15) is 0 Å². The van der Waals surface area contributed by atoms with E-state index in [1.807, 2.05) is 30.3 Å². The number of nitrogens with one attached hydrogen (secondary N) is 2. The Morgan fingerprint density at radius 2 is 1.84 bits per heavy atom. The van der Waals surface area contributed by atoms with Gasteiger partial charge in [-0.25, -0.2) is 14.6 Å². The number of benzene rings is 2. The van der Waals surface area contributed by atoms with Gasteiger partial charge in [0.25, 0.3) is 0 Å². The Kier molecular flexibility index (Phi) is 5.76. The SMILES string of the molecule is NC(=O)OC(=O)c1cc(=O)[nH]c2ccc(-c3nc(C(N)Cc4ccccc4)[nH]c3Cl)cc12. The van der Waals surface area contributed by atoms with Crippen molar-refractivity contribution >= 4 is 34.6 Å². The van der Waals surface area contributed by atoms with E-state index < -0.39 is 23.7 Å². The van der Waals surface area contributed by atoms with Crippen LogP contribution in [0.25, 0.3) is 22.2 Å². The molecule has 9 nitrogen and oxygen atoms in total. The number of esters is 1.